The van der Waals surface area contributed by atoms with Crippen molar-refractivity contribution < 1.29 is 18.7 Å². The third-order valence-corrected chi connectivity index (χ3v) is 4.39. The Balaban J connectivity index is 1.98. The van der Waals surface area contributed by atoms with E-state index < -0.39 is 0 Å². The van der Waals surface area contributed by atoms with E-state index >= 15 is 0 Å². The second-order valence-electron chi connectivity index (χ2n) is 5.75. The van der Waals surface area contributed by atoms with Crippen LogP contribution in [0, 0.1) is 5.82 Å². The molecule has 24 heavy (non-hydrogen) atoms. The van der Waals surface area contributed by atoms with Crippen LogP contribution in [-0.4, -0.2) is 31.6 Å². The number of ether oxygens (including phenoxy) is 2. The normalized spacial score (nSPS) is 17.0. The molecule has 0 bridgehead atoms. The van der Waals surface area contributed by atoms with Crippen LogP contribution in [0.1, 0.15) is 34.8 Å². The molecule has 0 saturated carbocycles. The SMILES string of the molecule is COc1cccc(OC)c1C(=O)N1CCCC1c1cccc(F)c1. The molecule has 1 aliphatic rings. The van der Waals surface area contributed by atoms with Gasteiger partial charge in [0, 0.05) is 6.54 Å². The maximum Gasteiger partial charge on any atom is 0.261 e. The summed E-state index contributed by atoms with van der Waals surface area (Å²) in [6.07, 6.45) is 1.69. The zero-order valence-corrected chi connectivity index (χ0v) is 13.8. The number of hydrogen-bond acceptors (Lipinski definition) is 3. The largest absolute Gasteiger partial charge is 0.496 e. The molecule has 2 aromatic rings. The molecule has 3 rings (SSSR count). The summed E-state index contributed by atoms with van der Waals surface area (Å²) in [7, 11) is 3.05. The Morgan fingerprint density at radius 2 is 1.79 bits per heavy atom. The van der Waals surface area contributed by atoms with Gasteiger partial charge in [0.2, 0.25) is 0 Å². The second kappa shape index (κ2) is 6.91. The molecule has 5 heteroatoms. The molecule has 0 aromatic heterocycles. The first-order chi connectivity index (χ1) is 11.7. The Morgan fingerprint density at radius 3 is 2.42 bits per heavy atom. The second-order valence-corrected chi connectivity index (χ2v) is 5.75. The van der Waals surface area contributed by atoms with E-state index in [0.717, 1.165) is 18.4 Å². The van der Waals surface area contributed by atoms with Crippen LogP contribution < -0.4 is 9.47 Å². The van der Waals surface area contributed by atoms with E-state index in [9.17, 15) is 9.18 Å². The summed E-state index contributed by atoms with van der Waals surface area (Å²) in [5, 5.41) is 0. The zero-order chi connectivity index (χ0) is 17.1. The van der Waals surface area contributed by atoms with Crippen molar-refractivity contribution in [2.75, 3.05) is 20.8 Å². The first kappa shape index (κ1) is 16.3. The van der Waals surface area contributed by atoms with Crippen molar-refractivity contribution in [2.45, 2.75) is 18.9 Å². The summed E-state index contributed by atoms with van der Waals surface area (Å²) >= 11 is 0. The van der Waals surface area contributed by atoms with E-state index in [1.54, 1.807) is 29.2 Å². The van der Waals surface area contributed by atoms with Crippen LogP contribution in [0.15, 0.2) is 42.5 Å². The quantitative estimate of drug-likeness (QED) is 0.856. The highest BCUT2D eigenvalue weighted by Crippen LogP contribution is 2.37. The molecule has 1 aliphatic heterocycles. The maximum absolute atomic E-state index is 13.6. The average Bonchev–Trinajstić information content (AvgIpc) is 3.10. The Kier molecular flexibility index (Phi) is 4.69. The van der Waals surface area contributed by atoms with Crippen LogP contribution in [0.2, 0.25) is 0 Å². The van der Waals surface area contributed by atoms with Crippen molar-refractivity contribution in [3.8, 4) is 11.5 Å². The lowest BCUT2D eigenvalue weighted by Crippen LogP contribution is -2.31. The monoisotopic (exact) mass is 329 g/mol. The van der Waals surface area contributed by atoms with Crippen molar-refractivity contribution in [3.63, 3.8) is 0 Å². The number of halogens is 1. The van der Waals surface area contributed by atoms with E-state index in [1.807, 2.05) is 6.07 Å². The number of amides is 1. The van der Waals surface area contributed by atoms with E-state index in [-0.39, 0.29) is 17.8 Å². The van der Waals surface area contributed by atoms with Gasteiger partial charge >= 0.3 is 0 Å². The van der Waals surface area contributed by atoms with Gasteiger partial charge in [-0.3, -0.25) is 4.79 Å². The Labute approximate surface area is 140 Å². The fraction of sp³-hybridized carbons (Fsp3) is 0.316. The number of rotatable bonds is 4. The van der Waals surface area contributed by atoms with E-state index in [0.29, 0.717) is 23.6 Å². The Hall–Kier alpha value is -2.56. The van der Waals surface area contributed by atoms with Crippen LogP contribution in [0.25, 0.3) is 0 Å². The number of carbonyl (C=O) groups excluding carboxylic acids is 1. The van der Waals surface area contributed by atoms with Gasteiger partial charge in [-0.05, 0) is 42.7 Å². The average molecular weight is 329 g/mol. The molecule has 1 unspecified atom stereocenters. The molecule has 1 heterocycles. The van der Waals surface area contributed by atoms with Crippen molar-refractivity contribution in [1.29, 1.82) is 0 Å². The molecule has 1 atom stereocenters. The Bertz CT molecular complexity index is 725. The lowest BCUT2D eigenvalue weighted by molar-refractivity contribution is 0.0728. The molecule has 0 N–H and O–H groups in total. The predicted octanol–water partition coefficient (Wildman–Crippen LogP) is 3.82. The fourth-order valence-electron chi connectivity index (χ4n) is 3.28. The lowest BCUT2D eigenvalue weighted by Gasteiger charge is -2.26. The van der Waals surface area contributed by atoms with Crippen LogP contribution in [0.4, 0.5) is 4.39 Å². The summed E-state index contributed by atoms with van der Waals surface area (Å²) in [5.74, 6) is 0.506. The van der Waals surface area contributed by atoms with Crippen LogP contribution in [0.5, 0.6) is 11.5 Å². The molecule has 0 radical (unpaired) electrons. The molecular weight excluding hydrogens is 309 g/mol. The highest BCUT2D eigenvalue weighted by molar-refractivity contribution is 6.00. The molecule has 2 aromatic carbocycles. The molecule has 1 saturated heterocycles. The molecule has 1 fully saturated rings. The van der Waals surface area contributed by atoms with Gasteiger partial charge < -0.3 is 14.4 Å². The summed E-state index contributed by atoms with van der Waals surface area (Å²) in [6, 6.07) is 11.6. The highest BCUT2D eigenvalue weighted by Gasteiger charge is 2.33. The predicted molar refractivity (Wildman–Crippen MR) is 89.0 cm³/mol. The molecule has 1 amide bonds. The molecule has 0 spiro atoms. The van der Waals surface area contributed by atoms with Crippen molar-refractivity contribution in [2.24, 2.45) is 0 Å². The van der Waals surface area contributed by atoms with Gasteiger partial charge in [-0.25, -0.2) is 4.39 Å². The summed E-state index contributed by atoms with van der Waals surface area (Å²) in [4.78, 5) is 14.9. The van der Waals surface area contributed by atoms with Gasteiger partial charge in [0.25, 0.3) is 5.91 Å². The Morgan fingerprint density at radius 1 is 1.12 bits per heavy atom. The minimum Gasteiger partial charge on any atom is -0.496 e. The number of nitrogens with zero attached hydrogens (tertiary/aromatic N) is 1. The lowest BCUT2D eigenvalue weighted by atomic mass is 10.0. The topological polar surface area (TPSA) is 38.8 Å². The standard InChI is InChI=1S/C19H20FNO3/c1-23-16-9-4-10-17(24-2)18(16)19(22)21-11-5-8-15(21)13-6-3-7-14(20)12-13/h3-4,6-7,9-10,12,15H,5,8,11H2,1-2H3. The summed E-state index contributed by atoms with van der Waals surface area (Å²) < 4.78 is 24.2. The molecular formula is C19H20FNO3. The molecule has 126 valence electrons. The van der Waals surface area contributed by atoms with E-state index in [2.05, 4.69) is 0 Å². The summed E-state index contributed by atoms with van der Waals surface area (Å²) in [6.45, 7) is 0.626. The highest BCUT2D eigenvalue weighted by atomic mass is 19.1. The van der Waals surface area contributed by atoms with Crippen LogP contribution in [-0.2, 0) is 0 Å². The number of hydrogen-bond donors (Lipinski definition) is 0. The van der Waals surface area contributed by atoms with Gasteiger partial charge in [-0.2, -0.15) is 0 Å². The number of carbonyl (C=O) groups is 1. The number of benzene rings is 2. The summed E-state index contributed by atoms with van der Waals surface area (Å²) in [5.41, 5.74) is 1.22. The fourth-order valence-corrected chi connectivity index (χ4v) is 3.28. The maximum atomic E-state index is 13.6. The molecule has 0 aliphatic carbocycles. The van der Waals surface area contributed by atoms with Gasteiger partial charge in [-0.15, -0.1) is 0 Å². The third kappa shape index (κ3) is 2.94. The van der Waals surface area contributed by atoms with Crippen LogP contribution >= 0.6 is 0 Å². The first-order valence-electron chi connectivity index (χ1n) is 7.93. The van der Waals surface area contributed by atoms with Crippen LogP contribution in [0.3, 0.4) is 0 Å². The van der Waals surface area contributed by atoms with Gasteiger partial charge in [-0.1, -0.05) is 18.2 Å². The van der Waals surface area contributed by atoms with Crippen molar-refractivity contribution in [3.05, 3.63) is 59.4 Å². The minimum absolute atomic E-state index is 0.136. The zero-order valence-electron chi connectivity index (χ0n) is 13.8. The minimum atomic E-state index is -0.290. The van der Waals surface area contributed by atoms with Gasteiger partial charge in [0.05, 0.1) is 20.3 Å². The van der Waals surface area contributed by atoms with Crippen molar-refractivity contribution >= 4 is 5.91 Å². The van der Waals surface area contributed by atoms with E-state index in [1.165, 1.54) is 26.4 Å². The number of methoxy groups -OCH3 is 2. The van der Waals surface area contributed by atoms with E-state index in [4.69, 9.17) is 9.47 Å². The first-order valence-corrected chi connectivity index (χ1v) is 7.93. The smallest absolute Gasteiger partial charge is 0.261 e. The van der Waals surface area contributed by atoms with Gasteiger partial charge in [0.15, 0.2) is 0 Å². The third-order valence-electron chi connectivity index (χ3n) is 4.39. The number of likely N-dealkylation sites (tertiary alicyclic amines) is 1. The van der Waals surface area contributed by atoms with Gasteiger partial charge in [0.1, 0.15) is 22.9 Å². The molecule has 4 nitrogen and oxygen atoms in total. The van der Waals surface area contributed by atoms with Crippen molar-refractivity contribution in [1.82, 2.24) is 4.90 Å².